The summed E-state index contributed by atoms with van der Waals surface area (Å²) < 4.78 is 23.1. The van der Waals surface area contributed by atoms with E-state index in [1.807, 2.05) is 0 Å². The van der Waals surface area contributed by atoms with E-state index in [0.717, 1.165) is 5.56 Å². The Hall–Kier alpha value is -1.63. The topological polar surface area (TPSA) is 141 Å². The molecular formula is C14H11ClN2O6P2. The molecule has 0 saturated carbocycles. The smallest absolute Gasteiger partial charge is 0.320 e. The Balaban J connectivity index is 2.25. The molecule has 0 aliphatic heterocycles. The molecule has 11 heteroatoms. The Kier molecular flexibility index (Phi) is 4.56. The molecule has 0 spiro atoms. The van der Waals surface area contributed by atoms with Gasteiger partial charge in [-0.3, -0.25) is 9.13 Å². The van der Waals surface area contributed by atoms with Crippen LogP contribution in [0, 0.1) is 0 Å². The molecule has 0 aliphatic rings. The predicted molar refractivity (Wildman–Crippen MR) is 93.3 cm³/mol. The molecule has 1 heterocycles. The summed E-state index contributed by atoms with van der Waals surface area (Å²) in [5, 5.41) is 0.555. The van der Waals surface area contributed by atoms with Crippen LogP contribution in [0.25, 0.3) is 22.2 Å². The van der Waals surface area contributed by atoms with E-state index in [-0.39, 0.29) is 11.0 Å². The maximum Gasteiger partial charge on any atom is 0.377 e. The number of rotatable bonds is 3. The minimum absolute atomic E-state index is 0.1000. The Morgan fingerprint density at radius 1 is 0.720 bits per heavy atom. The lowest BCUT2D eigenvalue weighted by Gasteiger charge is -2.12. The number of benzene rings is 2. The van der Waals surface area contributed by atoms with Crippen LogP contribution in [-0.2, 0) is 9.13 Å². The van der Waals surface area contributed by atoms with Crippen molar-refractivity contribution in [2.45, 2.75) is 0 Å². The lowest BCUT2D eigenvalue weighted by atomic mass is 10.1. The highest BCUT2D eigenvalue weighted by atomic mass is 35.5. The minimum Gasteiger partial charge on any atom is -0.320 e. The molecule has 4 N–H and O–H groups in total. The van der Waals surface area contributed by atoms with Crippen LogP contribution < -0.4 is 10.9 Å². The van der Waals surface area contributed by atoms with Gasteiger partial charge in [-0.15, -0.1) is 0 Å². The Labute approximate surface area is 146 Å². The molecule has 0 fully saturated rings. The average molecular weight is 401 g/mol. The first-order chi connectivity index (χ1) is 11.6. The lowest BCUT2D eigenvalue weighted by Crippen LogP contribution is -2.31. The molecule has 0 atom stereocenters. The molecule has 0 unspecified atom stereocenters. The van der Waals surface area contributed by atoms with E-state index in [1.54, 1.807) is 30.3 Å². The summed E-state index contributed by atoms with van der Waals surface area (Å²) in [5.74, 6) is 0. The normalized spacial score (nSPS) is 12.5. The fourth-order valence-electron chi connectivity index (χ4n) is 2.25. The van der Waals surface area contributed by atoms with Gasteiger partial charge in [0.15, 0.2) is 10.9 Å². The number of hydrogen-bond donors (Lipinski definition) is 4. The lowest BCUT2D eigenvalue weighted by molar-refractivity contribution is 0.379. The van der Waals surface area contributed by atoms with Gasteiger partial charge in [0.2, 0.25) is 0 Å². The van der Waals surface area contributed by atoms with Gasteiger partial charge in [-0.2, -0.15) is 0 Å². The third-order valence-corrected chi connectivity index (χ3v) is 5.51. The molecule has 0 aliphatic carbocycles. The maximum atomic E-state index is 11.6. The van der Waals surface area contributed by atoms with Gasteiger partial charge in [0.25, 0.3) is 0 Å². The fraction of sp³-hybridized carbons (Fsp3) is 0. The van der Waals surface area contributed by atoms with E-state index >= 15 is 0 Å². The summed E-state index contributed by atoms with van der Waals surface area (Å²) in [6, 6.07) is 11.5. The van der Waals surface area contributed by atoms with Crippen LogP contribution in [0.3, 0.4) is 0 Å². The Morgan fingerprint density at radius 3 is 1.72 bits per heavy atom. The fourth-order valence-corrected chi connectivity index (χ4v) is 4.25. The second kappa shape index (κ2) is 6.27. The van der Waals surface area contributed by atoms with E-state index < -0.39 is 26.1 Å². The van der Waals surface area contributed by atoms with Gasteiger partial charge >= 0.3 is 15.2 Å². The first-order valence-electron chi connectivity index (χ1n) is 6.76. The zero-order valence-electron chi connectivity index (χ0n) is 12.3. The van der Waals surface area contributed by atoms with E-state index in [4.69, 9.17) is 11.6 Å². The number of halogens is 1. The highest BCUT2D eigenvalue weighted by Gasteiger charge is 2.34. The number of fused-ring (bicyclic) bond motifs is 1. The van der Waals surface area contributed by atoms with Crippen molar-refractivity contribution in [1.29, 1.82) is 0 Å². The van der Waals surface area contributed by atoms with Crippen LogP contribution in [0.2, 0.25) is 5.02 Å². The van der Waals surface area contributed by atoms with Crippen molar-refractivity contribution in [2.24, 2.45) is 0 Å². The van der Waals surface area contributed by atoms with Crippen LogP contribution in [0.15, 0.2) is 42.5 Å². The van der Waals surface area contributed by atoms with E-state index in [2.05, 4.69) is 9.97 Å². The summed E-state index contributed by atoms with van der Waals surface area (Å²) in [7, 11) is -10.0. The van der Waals surface area contributed by atoms with Crippen LogP contribution in [0.5, 0.6) is 0 Å². The second-order valence-corrected chi connectivity index (χ2v) is 8.63. The second-order valence-electron chi connectivity index (χ2n) is 5.17. The highest BCUT2D eigenvalue weighted by molar-refractivity contribution is 7.66. The summed E-state index contributed by atoms with van der Waals surface area (Å²) in [5.41, 5.74) is -0.380. The molecule has 0 saturated heterocycles. The van der Waals surface area contributed by atoms with Crippen molar-refractivity contribution in [2.75, 3.05) is 0 Å². The van der Waals surface area contributed by atoms with E-state index in [0.29, 0.717) is 10.6 Å². The standard InChI is InChI=1S/C14H11ClN2O6P2/c15-10-4-1-8(2-5-10)9-3-6-11-12(7-9)17-14(25(21,22)23)13(16-11)24(18,19)20/h1-7H,(H2,18,19,20)(H2,21,22,23). The van der Waals surface area contributed by atoms with Crippen LogP contribution in [-0.4, -0.2) is 29.5 Å². The van der Waals surface area contributed by atoms with Crippen molar-refractivity contribution in [3.63, 3.8) is 0 Å². The Morgan fingerprint density at radius 2 is 1.20 bits per heavy atom. The maximum absolute atomic E-state index is 11.6. The van der Waals surface area contributed by atoms with Gasteiger partial charge in [0.1, 0.15) is 0 Å². The van der Waals surface area contributed by atoms with Crippen LogP contribution >= 0.6 is 26.8 Å². The molecule has 1 aromatic heterocycles. The molecule has 25 heavy (non-hydrogen) atoms. The van der Waals surface area contributed by atoms with E-state index in [9.17, 15) is 28.7 Å². The molecule has 8 nitrogen and oxygen atoms in total. The summed E-state index contributed by atoms with van der Waals surface area (Å²) >= 11 is 5.84. The van der Waals surface area contributed by atoms with Crippen molar-refractivity contribution in [3.8, 4) is 11.1 Å². The summed E-state index contributed by atoms with van der Waals surface area (Å²) in [6.07, 6.45) is 0. The van der Waals surface area contributed by atoms with Gasteiger partial charge in [-0.25, -0.2) is 9.97 Å². The van der Waals surface area contributed by atoms with Crippen LogP contribution in [0.1, 0.15) is 0 Å². The Bertz CT molecular complexity index is 1060. The molecule has 0 radical (unpaired) electrons. The highest BCUT2D eigenvalue weighted by Crippen LogP contribution is 2.39. The van der Waals surface area contributed by atoms with Gasteiger partial charge in [0, 0.05) is 5.02 Å². The third kappa shape index (κ3) is 3.81. The number of nitrogens with zero attached hydrogens (tertiary/aromatic N) is 2. The van der Waals surface area contributed by atoms with Gasteiger partial charge in [-0.05, 0) is 35.4 Å². The largest absolute Gasteiger partial charge is 0.377 e. The summed E-state index contributed by atoms with van der Waals surface area (Å²) in [4.78, 5) is 44.8. The monoisotopic (exact) mass is 400 g/mol. The molecule has 130 valence electrons. The first kappa shape index (κ1) is 18.2. The zero-order chi connectivity index (χ0) is 18.4. The SMILES string of the molecule is O=P(O)(O)c1nc2ccc(-c3ccc(Cl)cc3)cc2nc1P(=O)(O)O. The van der Waals surface area contributed by atoms with Gasteiger partial charge in [0.05, 0.1) is 11.0 Å². The molecular weight excluding hydrogens is 390 g/mol. The minimum atomic E-state index is -5.03. The predicted octanol–water partition coefficient (Wildman–Crippen LogP) is 1.56. The van der Waals surface area contributed by atoms with Crippen molar-refractivity contribution in [3.05, 3.63) is 47.5 Å². The average Bonchev–Trinajstić information content (AvgIpc) is 2.52. The van der Waals surface area contributed by atoms with Crippen LogP contribution in [0.4, 0.5) is 0 Å². The third-order valence-electron chi connectivity index (χ3n) is 3.36. The van der Waals surface area contributed by atoms with E-state index in [1.165, 1.54) is 12.1 Å². The summed E-state index contributed by atoms with van der Waals surface area (Å²) in [6.45, 7) is 0. The molecule has 0 bridgehead atoms. The van der Waals surface area contributed by atoms with Crippen molar-refractivity contribution < 1.29 is 28.7 Å². The zero-order valence-corrected chi connectivity index (χ0v) is 14.9. The molecule has 0 amide bonds. The van der Waals surface area contributed by atoms with Crippen molar-refractivity contribution in [1.82, 2.24) is 9.97 Å². The first-order valence-corrected chi connectivity index (χ1v) is 10.4. The van der Waals surface area contributed by atoms with Gasteiger partial charge in [-0.1, -0.05) is 29.8 Å². The quantitative estimate of drug-likeness (QED) is 0.485. The number of hydrogen-bond acceptors (Lipinski definition) is 4. The number of aromatic nitrogens is 2. The van der Waals surface area contributed by atoms with Gasteiger partial charge < -0.3 is 19.6 Å². The molecule has 3 aromatic rings. The molecule has 2 aromatic carbocycles. The van der Waals surface area contributed by atoms with Crippen molar-refractivity contribution >= 4 is 48.7 Å². The molecule has 3 rings (SSSR count).